The van der Waals surface area contributed by atoms with Gasteiger partial charge in [-0.25, -0.2) is 0 Å². The number of nitrogen functional groups attached to an aromatic ring is 1. The molecular weight excluding hydrogens is 340 g/mol. The van der Waals surface area contributed by atoms with Crippen LogP contribution < -0.4 is 11.3 Å². The molecule has 0 aliphatic heterocycles. The van der Waals surface area contributed by atoms with Crippen molar-refractivity contribution in [3.05, 3.63) is 68.4 Å². The molecule has 0 radical (unpaired) electrons. The van der Waals surface area contributed by atoms with E-state index in [0.717, 1.165) is 5.39 Å². The summed E-state index contributed by atoms with van der Waals surface area (Å²) in [5, 5.41) is 2.05. The van der Waals surface area contributed by atoms with Gasteiger partial charge in [-0.1, -0.05) is 29.8 Å². The van der Waals surface area contributed by atoms with Crippen LogP contribution >= 0.6 is 27.5 Å². The highest BCUT2D eigenvalue weighted by Crippen LogP contribution is 2.26. The maximum absolute atomic E-state index is 12.6. The zero-order valence-electron chi connectivity index (χ0n) is 10.3. The van der Waals surface area contributed by atoms with E-state index in [1.807, 2.05) is 18.2 Å². The van der Waals surface area contributed by atoms with E-state index in [1.54, 1.807) is 30.3 Å². The predicted octanol–water partition coefficient (Wildman–Crippen LogP) is 3.99. The summed E-state index contributed by atoms with van der Waals surface area (Å²) in [6, 6.07) is 14.4. The molecule has 0 saturated carbocycles. The van der Waals surface area contributed by atoms with Gasteiger partial charge in [-0.2, -0.15) is 0 Å². The zero-order valence-corrected chi connectivity index (χ0v) is 12.6. The van der Waals surface area contributed by atoms with E-state index in [1.165, 1.54) is 4.57 Å². The van der Waals surface area contributed by atoms with Gasteiger partial charge in [0.05, 0.1) is 5.69 Å². The molecule has 0 atom stereocenters. The molecule has 2 N–H and O–H groups in total. The number of pyridine rings is 1. The first-order valence-electron chi connectivity index (χ1n) is 5.93. The molecule has 1 heterocycles. The number of aromatic nitrogens is 1. The Labute approximate surface area is 128 Å². The molecule has 0 spiro atoms. The third-order valence-electron chi connectivity index (χ3n) is 3.11. The van der Waals surface area contributed by atoms with E-state index in [4.69, 9.17) is 17.3 Å². The van der Waals surface area contributed by atoms with Gasteiger partial charge in [0, 0.05) is 14.9 Å². The van der Waals surface area contributed by atoms with E-state index in [0.29, 0.717) is 26.4 Å². The van der Waals surface area contributed by atoms with Crippen LogP contribution in [0.3, 0.4) is 0 Å². The zero-order chi connectivity index (χ0) is 14.3. The molecule has 3 rings (SSSR count). The van der Waals surface area contributed by atoms with Crippen LogP contribution in [-0.4, -0.2) is 4.57 Å². The van der Waals surface area contributed by atoms with Crippen molar-refractivity contribution in [2.45, 2.75) is 0 Å². The average molecular weight is 350 g/mol. The van der Waals surface area contributed by atoms with Crippen LogP contribution in [0.25, 0.3) is 16.5 Å². The van der Waals surface area contributed by atoms with Gasteiger partial charge in [0.15, 0.2) is 0 Å². The molecule has 0 fully saturated rings. The molecule has 100 valence electrons. The first kappa shape index (κ1) is 13.2. The normalized spacial score (nSPS) is 10.9. The number of rotatable bonds is 1. The first-order valence-corrected chi connectivity index (χ1v) is 7.11. The highest BCUT2D eigenvalue weighted by atomic mass is 79.9. The molecule has 0 aliphatic rings. The Morgan fingerprint density at radius 2 is 1.85 bits per heavy atom. The third kappa shape index (κ3) is 2.11. The van der Waals surface area contributed by atoms with Crippen molar-refractivity contribution < 1.29 is 0 Å². The van der Waals surface area contributed by atoms with Crippen LogP contribution in [0.15, 0.2) is 57.8 Å². The second kappa shape index (κ2) is 4.96. The molecule has 3 aromatic rings. The number of benzene rings is 2. The summed E-state index contributed by atoms with van der Waals surface area (Å²) in [6.45, 7) is 0. The van der Waals surface area contributed by atoms with Crippen LogP contribution in [0.4, 0.5) is 5.82 Å². The Hall–Kier alpha value is -1.78. The van der Waals surface area contributed by atoms with E-state index in [2.05, 4.69) is 15.9 Å². The molecule has 2 aromatic carbocycles. The molecule has 20 heavy (non-hydrogen) atoms. The summed E-state index contributed by atoms with van der Waals surface area (Å²) in [4.78, 5) is 12.6. The van der Waals surface area contributed by atoms with E-state index < -0.39 is 0 Å². The van der Waals surface area contributed by atoms with Crippen LogP contribution in [0.5, 0.6) is 0 Å². The summed E-state index contributed by atoms with van der Waals surface area (Å²) in [6.07, 6.45) is 0. The lowest BCUT2D eigenvalue weighted by atomic mass is 10.1. The molecule has 1 aromatic heterocycles. The van der Waals surface area contributed by atoms with E-state index in [9.17, 15) is 4.79 Å². The largest absolute Gasteiger partial charge is 0.385 e. The van der Waals surface area contributed by atoms with Crippen LogP contribution in [0.2, 0.25) is 5.02 Å². The predicted molar refractivity (Wildman–Crippen MR) is 86.7 cm³/mol. The number of nitrogens with two attached hydrogens (primary N) is 1. The Kier molecular flexibility index (Phi) is 3.28. The molecule has 3 nitrogen and oxygen atoms in total. The van der Waals surface area contributed by atoms with E-state index in [-0.39, 0.29) is 5.56 Å². The van der Waals surface area contributed by atoms with Crippen molar-refractivity contribution >= 4 is 44.1 Å². The van der Waals surface area contributed by atoms with Crippen molar-refractivity contribution in [3.8, 4) is 5.69 Å². The molecule has 0 saturated heterocycles. The lowest BCUT2D eigenvalue weighted by Crippen LogP contribution is -2.21. The Morgan fingerprint density at radius 3 is 2.60 bits per heavy atom. The van der Waals surface area contributed by atoms with Gasteiger partial charge in [0.1, 0.15) is 5.82 Å². The topological polar surface area (TPSA) is 48.0 Å². The smallest absolute Gasteiger partial charge is 0.264 e. The maximum Gasteiger partial charge on any atom is 0.264 e. The van der Waals surface area contributed by atoms with Gasteiger partial charge in [0.25, 0.3) is 5.56 Å². The SMILES string of the molecule is Nc1cc2ccccc2c(=O)n1-c1ccc(Cl)cc1Br. The lowest BCUT2D eigenvalue weighted by molar-refractivity contribution is 1.02. The van der Waals surface area contributed by atoms with Crippen molar-refractivity contribution in [1.29, 1.82) is 0 Å². The van der Waals surface area contributed by atoms with Gasteiger partial charge in [-0.15, -0.1) is 0 Å². The molecule has 0 unspecified atom stereocenters. The average Bonchev–Trinajstić information content (AvgIpc) is 2.41. The van der Waals surface area contributed by atoms with Crippen LogP contribution in [-0.2, 0) is 0 Å². The van der Waals surface area contributed by atoms with Crippen LogP contribution in [0, 0.1) is 0 Å². The van der Waals surface area contributed by atoms with Gasteiger partial charge < -0.3 is 5.73 Å². The third-order valence-corrected chi connectivity index (χ3v) is 3.98. The Balaban J connectivity index is 2.39. The van der Waals surface area contributed by atoms with E-state index >= 15 is 0 Å². The molecular formula is C15H10BrClN2O. The molecule has 5 heteroatoms. The van der Waals surface area contributed by atoms with Crippen LogP contribution in [0.1, 0.15) is 0 Å². The second-order valence-corrected chi connectivity index (χ2v) is 5.68. The van der Waals surface area contributed by atoms with Gasteiger partial charge in [0.2, 0.25) is 0 Å². The monoisotopic (exact) mass is 348 g/mol. The minimum Gasteiger partial charge on any atom is -0.385 e. The quantitative estimate of drug-likeness (QED) is 0.722. The van der Waals surface area contributed by atoms with Crippen molar-refractivity contribution in [2.24, 2.45) is 0 Å². The number of hydrogen-bond donors (Lipinski definition) is 1. The Bertz CT molecular complexity index is 873. The number of nitrogens with zero attached hydrogens (tertiary/aromatic N) is 1. The first-order chi connectivity index (χ1) is 9.58. The highest BCUT2D eigenvalue weighted by molar-refractivity contribution is 9.10. The Morgan fingerprint density at radius 1 is 1.10 bits per heavy atom. The second-order valence-electron chi connectivity index (χ2n) is 4.39. The fourth-order valence-electron chi connectivity index (χ4n) is 2.19. The number of anilines is 1. The number of hydrogen-bond acceptors (Lipinski definition) is 2. The van der Waals surface area contributed by atoms with Crippen molar-refractivity contribution in [3.63, 3.8) is 0 Å². The van der Waals surface area contributed by atoms with Gasteiger partial charge in [-0.05, 0) is 51.6 Å². The fraction of sp³-hybridized carbons (Fsp3) is 0. The minimum atomic E-state index is -0.149. The summed E-state index contributed by atoms with van der Waals surface area (Å²) in [7, 11) is 0. The van der Waals surface area contributed by atoms with Gasteiger partial charge in [-0.3, -0.25) is 9.36 Å². The summed E-state index contributed by atoms with van der Waals surface area (Å²) < 4.78 is 2.19. The van der Waals surface area contributed by atoms with Gasteiger partial charge >= 0.3 is 0 Å². The maximum atomic E-state index is 12.6. The van der Waals surface area contributed by atoms with Crippen molar-refractivity contribution in [2.75, 3.05) is 5.73 Å². The summed E-state index contributed by atoms with van der Waals surface area (Å²) >= 11 is 9.35. The molecule has 0 bridgehead atoms. The number of halogens is 2. The standard InChI is InChI=1S/C15H10BrClN2O/c16-12-8-10(17)5-6-13(12)19-14(18)7-9-3-1-2-4-11(9)15(19)20/h1-8H,18H2. The number of fused-ring (bicyclic) bond motifs is 1. The van der Waals surface area contributed by atoms with Crippen molar-refractivity contribution in [1.82, 2.24) is 4.57 Å². The fourth-order valence-corrected chi connectivity index (χ4v) is 3.05. The highest BCUT2D eigenvalue weighted by Gasteiger charge is 2.11. The lowest BCUT2D eigenvalue weighted by Gasteiger charge is -2.13. The summed E-state index contributed by atoms with van der Waals surface area (Å²) in [5.74, 6) is 0.386. The minimum absolute atomic E-state index is 0.149. The molecule has 0 aliphatic carbocycles. The summed E-state index contributed by atoms with van der Waals surface area (Å²) in [5.41, 5.74) is 6.56. The molecule has 0 amide bonds.